The Hall–Kier alpha value is -1.67. The highest BCUT2D eigenvalue weighted by Gasteiger charge is 2.33. The monoisotopic (exact) mass is 347 g/mol. The van der Waals surface area contributed by atoms with E-state index in [0.29, 0.717) is 10.0 Å². The van der Waals surface area contributed by atoms with E-state index in [1.807, 2.05) is 0 Å². The molecule has 0 fully saturated rings. The molecule has 106 valence electrons. The van der Waals surface area contributed by atoms with Gasteiger partial charge in [-0.2, -0.15) is 13.2 Å². The van der Waals surface area contributed by atoms with E-state index >= 15 is 0 Å². The second-order valence-electron chi connectivity index (χ2n) is 3.80. The summed E-state index contributed by atoms with van der Waals surface area (Å²) in [5.41, 5.74) is 4.81. The predicted octanol–water partition coefficient (Wildman–Crippen LogP) is 3.51. The molecule has 0 bridgehead atoms. The van der Waals surface area contributed by atoms with Gasteiger partial charge in [-0.15, -0.1) is 0 Å². The van der Waals surface area contributed by atoms with E-state index in [-0.39, 0.29) is 18.2 Å². The molecule has 4 nitrogen and oxygen atoms in total. The van der Waals surface area contributed by atoms with Crippen molar-refractivity contribution >= 4 is 15.9 Å². The summed E-state index contributed by atoms with van der Waals surface area (Å²) in [6, 6.07) is 3.68. The lowest BCUT2D eigenvalue weighted by atomic mass is 10.2. The number of pyridine rings is 2. The van der Waals surface area contributed by atoms with Crippen LogP contribution in [0.15, 0.2) is 35.1 Å². The second kappa shape index (κ2) is 5.76. The molecule has 2 aromatic heterocycles. The highest BCUT2D eigenvalue weighted by Crippen LogP contribution is 2.32. The Morgan fingerprint density at radius 3 is 2.60 bits per heavy atom. The maximum atomic E-state index is 12.6. The van der Waals surface area contributed by atoms with Crippen molar-refractivity contribution in [1.82, 2.24) is 9.97 Å². The fourth-order valence-corrected chi connectivity index (χ4v) is 1.77. The Morgan fingerprint density at radius 1 is 1.25 bits per heavy atom. The van der Waals surface area contributed by atoms with E-state index in [2.05, 4.69) is 25.9 Å². The van der Waals surface area contributed by atoms with Crippen molar-refractivity contribution in [2.24, 2.45) is 5.73 Å². The van der Waals surface area contributed by atoms with Crippen LogP contribution in [0.4, 0.5) is 13.2 Å². The average Bonchev–Trinajstić information content (AvgIpc) is 2.37. The first-order valence-electron chi connectivity index (χ1n) is 5.45. The fraction of sp³-hybridized carbons (Fsp3) is 0.167. The number of ether oxygens (including phenoxy) is 1. The van der Waals surface area contributed by atoms with Gasteiger partial charge in [-0.3, -0.25) is 4.98 Å². The average molecular weight is 348 g/mol. The number of nitrogens with two attached hydrogens (primary N) is 1. The van der Waals surface area contributed by atoms with Gasteiger partial charge in [-0.05, 0) is 28.1 Å². The zero-order valence-corrected chi connectivity index (χ0v) is 11.6. The Labute approximate surface area is 120 Å². The van der Waals surface area contributed by atoms with Gasteiger partial charge in [0.25, 0.3) is 0 Å². The Kier molecular flexibility index (Phi) is 4.24. The van der Waals surface area contributed by atoms with E-state index in [1.165, 1.54) is 18.5 Å². The Balaban J connectivity index is 2.38. The van der Waals surface area contributed by atoms with Gasteiger partial charge >= 0.3 is 6.18 Å². The summed E-state index contributed by atoms with van der Waals surface area (Å²) in [7, 11) is 0. The van der Waals surface area contributed by atoms with E-state index in [0.717, 1.165) is 6.07 Å². The first-order chi connectivity index (χ1) is 9.40. The van der Waals surface area contributed by atoms with Crippen LogP contribution in [0.5, 0.6) is 11.6 Å². The molecule has 0 atom stereocenters. The number of hydrogen-bond donors (Lipinski definition) is 1. The van der Waals surface area contributed by atoms with Gasteiger partial charge in [0, 0.05) is 22.8 Å². The fourth-order valence-electron chi connectivity index (χ4n) is 1.43. The molecule has 0 spiro atoms. The zero-order chi connectivity index (χ0) is 14.8. The molecule has 0 amide bonds. The Bertz CT molecular complexity index is 619. The Morgan fingerprint density at radius 2 is 2.00 bits per heavy atom. The molecule has 20 heavy (non-hydrogen) atoms. The van der Waals surface area contributed by atoms with Crippen molar-refractivity contribution in [3.05, 3.63) is 46.3 Å². The molecular formula is C12H9BrF3N3O. The minimum atomic E-state index is -4.54. The van der Waals surface area contributed by atoms with Crippen molar-refractivity contribution in [2.45, 2.75) is 12.7 Å². The lowest BCUT2D eigenvalue weighted by Gasteiger charge is -2.12. The van der Waals surface area contributed by atoms with Gasteiger partial charge in [-0.25, -0.2) is 4.98 Å². The van der Waals surface area contributed by atoms with Crippen LogP contribution >= 0.6 is 15.9 Å². The van der Waals surface area contributed by atoms with Gasteiger partial charge < -0.3 is 10.5 Å². The second-order valence-corrected chi connectivity index (χ2v) is 4.72. The molecule has 0 saturated heterocycles. The molecule has 0 aliphatic carbocycles. The van der Waals surface area contributed by atoms with Crippen LogP contribution in [-0.4, -0.2) is 9.97 Å². The van der Waals surface area contributed by atoms with Crippen molar-refractivity contribution < 1.29 is 17.9 Å². The van der Waals surface area contributed by atoms with Crippen LogP contribution < -0.4 is 10.5 Å². The lowest BCUT2D eigenvalue weighted by Crippen LogP contribution is -2.10. The summed E-state index contributed by atoms with van der Waals surface area (Å²) in [5.74, 6) is 0.0862. The molecule has 0 aromatic carbocycles. The van der Waals surface area contributed by atoms with E-state index in [9.17, 15) is 13.2 Å². The molecule has 2 rings (SSSR count). The summed E-state index contributed by atoms with van der Waals surface area (Å²) in [6.45, 7) is 0.0158. The molecular weight excluding hydrogens is 339 g/mol. The third-order valence-corrected chi connectivity index (χ3v) is 2.78. The number of nitrogens with zero attached hydrogens (tertiary/aromatic N) is 2. The van der Waals surface area contributed by atoms with Gasteiger partial charge in [0.15, 0.2) is 0 Å². The minimum absolute atomic E-state index is 0.0158. The van der Waals surface area contributed by atoms with Crippen LogP contribution in [-0.2, 0) is 12.7 Å². The number of alkyl halides is 3. The maximum absolute atomic E-state index is 12.6. The molecule has 8 heteroatoms. The predicted molar refractivity (Wildman–Crippen MR) is 69.1 cm³/mol. The minimum Gasteiger partial charge on any atom is -0.437 e. The summed E-state index contributed by atoms with van der Waals surface area (Å²) < 4.78 is 43.9. The summed E-state index contributed by atoms with van der Waals surface area (Å²) in [6.07, 6.45) is -1.65. The van der Waals surface area contributed by atoms with Gasteiger partial charge in [-0.1, -0.05) is 6.07 Å². The highest BCUT2D eigenvalue weighted by atomic mass is 79.9. The van der Waals surface area contributed by atoms with Crippen molar-refractivity contribution in [2.75, 3.05) is 0 Å². The van der Waals surface area contributed by atoms with Crippen LogP contribution in [0.2, 0.25) is 0 Å². The van der Waals surface area contributed by atoms with Crippen LogP contribution in [0.1, 0.15) is 11.3 Å². The molecule has 0 aliphatic heterocycles. The van der Waals surface area contributed by atoms with Gasteiger partial charge in [0.05, 0.1) is 6.20 Å². The number of aromatic nitrogens is 2. The standard InChI is InChI=1S/C12H9BrF3N3O/c13-8-3-9(6-18-5-8)20-11-7(4-17)1-2-10(19-11)12(14,15)16/h1-3,5-6H,4,17H2. The summed E-state index contributed by atoms with van der Waals surface area (Å²) in [5, 5.41) is 0. The first-order valence-corrected chi connectivity index (χ1v) is 6.25. The van der Waals surface area contributed by atoms with Crippen LogP contribution in [0.25, 0.3) is 0 Å². The van der Waals surface area contributed by atoms with E-state index < -0.39 is 11.9 Å². The summed E-state index contributed by atoms with van der Waals surface area (Å²) >= 11 is 3.19. The molecule has 0 saturated carbocycles. The quantitative estimate of drug-likeness (QED) is 0.922. The van der Waals surface area contributed by atoms with Crippen LogP contribution in [0, 0.1) is 0 Å². The largest absolute Gasteiger partial charge is 0.437 e. The molecule has 0 radical (unpaired) electrons. The van der Waals surface area contributed by atoms with Crippen LogP contribution in [0.3, 0.4) is 0 Å². The topological polar surface area (TPSA) is 61.0 Å². The number of halogens is 4. The molecule has 2 heterocycles. The summed E-state index contributed by atoms with van der Waals surface area (Å²) in [4.78, 5) is 7.32. The van der Waals surface area contributed by atoms with E-state index in [1.54, 1.807) is 6.07 Å². The zero-order valence-electron chi connectivity index (χ0n) is 9.99. The molecule has 2 N–H and O–H groups in total. The molecule has 0 unspecified atom stereocenters. The smallest absolute Gasteiger partial charge is 0.433 e. The third-order valence-electron chi connectivity index (χ3n) is 2.34. The van der Waals surface area contributed by atoms with Crippen molar-refractivity contribution in [1.29, 1.82) is 0 Å². The lowest BCUT2D eigenvalue weighted by molar-refractivity contribution is -0.141. The van der Waals surface area contributed by atoms with Gasteiger partial charge in [0.1, 0.15) is 11.4 Å². The molecule has 0 aliphatic rings. The van der Waals surface area contributed by atoms with Gasteiger partial charge in [0.2, 0.25) is 5.88 Å². The van der Waals surface area contributed by atoms with E-state index in [4.69, 9.17) is 10.5 Å². The van der Waals surface area contributed by atoms with Crippen molar-refractivity contribution in [3.63, 3.8) is 0 Å². The number of rotatable bonds is 3. The molecule has 2 aromatic rings. The third kappa shape index (κ3) is 3.45. The normalized spacial score (nSPS) is 11.4. The van der Waals surface area contributed by atoms with Crippen molar-refractivity contribution in [3.8, 4) is 11.6 Å². The SMILES string of the molecule is NCc1ccc(C(F)(F)F)nc1Oc1cncc(Br)c1. The number of hydrogen-bond acceptors (Lipinski definition) is 4. The highest BCUT2D eigenvalue weighted by molar-refractivity contribution is 9.10. The maximum Gasteiger partial charge on any atom is 0.433 e. The first kappa shape index (κ1) is 14.7.